The zero-order valence-electron chi connectivity index (χ0n) is 11.6. The molecule has 0 aromatic heterocycles. The van der Waals surface area contributed by atoms with E-state index in [0.717, 1.165) is 0 Å². The van der Waals surface area contributed by atoms with Crippen LogP contribution in [0.3, 0.4) is 0 Å². The number of benzene rings is 1. The Hall–Kier alpha value is -2.65. The van der Waals surface area contributed by atoms with E-state index in [4.69, 9.17) is 5.73 Å². The van der Waals surface area contributed by atoms with Crippen LogP contribution in [0.1, 0.15) is 18.1 Å². The Bertz CT molecular complexity index is 643. The van der Waals surface area contributed by atoms with Crippen LogP contribution >= 0.6 is 0 Å². The summed E-state index contributed by atoms with van der Waals surface area (Å²) in [6, 6.07) is 0.985. The molecule has 0 aliphatic rings. The normalized spacial score (nSPS) is 11.1. The Kier molecular flexibility index (Phi) is 4.74. The fourth-order valence-corrected chi connectivity index (χ4v) is 1.95. The first-order chi connectivity index (χ1) is 10.0. The van der Waals surface area contributed by atoms with Gasteiger partial charge < -0.3 is 5.73 Å². The third kappa shape index (κ3) is 3.32. The molecule has 2 amide bonds. The van der Waals surface area contributed by atoms with Gasteiger partial charge in [0.2, 0.25) is 0 Å². The summed E-state index contributed by atoms with van der Waals surface area (Å²) < 4.78 is 38.2. The van der Waals surface area contributed by atoms with Crippen molar-refractivity contribution in [3.05, 3.63) is 33.4 Å². The molecule has 0 radical (unpaired) electrons. The van der Waals surface area contributed by atoms with Crippen molar-refractivity contribution in [1.82, 2.24) is 0 Å². The largest absolute Gasteiger partial charge is 0.416 e. The lowest BCUT2D eigenvalue weighted by atomic mass is 10.1. The Morgan fingerprint density at radius 1 is 1.36 bits per heavy atom. The van der Waals surface area contributed by atoms with Crippen molar-refractivity contribution >= 4 is 23.2 Å². The number of aryl methyl sites for hydroxylation is 1. The van der Waals surface area contributed by atoms with E-state index < -0.39 is 34.2 Å². The molecule has 120 valence electrons. The Labute approximate surface area is 122 Å². The van der Waals surface area contributed by atoms with E-state index in [9.17, 15) is 32.9 Å². The quantitative estimate of drug-likeness (QED) is 0.520. The van der Waals surface area contributed by atoms with E-state index in [2.05, 4.69) is 0 Å². The number of hydrogen-bond acceptors (Lipinski definition) is 4. The number of nitro groups is 1. The number of rotatable bonds is 3. The highest BCUT2D eigenvalue weighted by Gasteiger charge is 2.36. The Morgan fingerprint density at radius 3 is 2.27 bits per heavy atom. The van der Waals surface area contributed by atoms with Gasteiger partial charge >= 0.3 is 18.0 Å². The van der Waals surface area contributed by atoms with Crippen molar-refractivity contribution in [3.8, 4) is 0 Å². The molecule has 0 unspecified atom stereocenters. The van der Waals surface area contributed by atoms with Crippen LogP contribution in [0.5, 0.6) is 0 Å². The number of carbonyl (C=O) groups is 2. The van der Waals surface area contributed by atoms with E-state index in [1.54, 1.807) is 0 Å². The van der Waals surface area contributed by atoms with Gasteiger partial charge in [0.05, 0.1) is 10.5 Å². The number of nitro benzene ring substituents is 1. The van der Waals surface area contributed by atoms with Crippen LogP contribution in [0.4, 0.5) is 24.5 Å². The van der Waals surface area contributed by atoms with Crippen LogP contribution in [0.15, 0.2) is 12.1 Å². The molecule has 0 saturated heterocycles. The van der Waals surface area contributed by atoms with Gasteiger partial charge in [-0.1, -0.05) is 0 Å². The molecule has 0 fully saturated rings. The molecule has 0 bridgehead atoms. The first kappa shape index (κ1) is 17.4. The minimum atomic E-state index is -4.78. The smallest absolute Gasteiger partial charge is 0.361 e. The number of halogens is 3. The zero-order chi connectivity index (χ0) is 17.2. The van der Waals surface area contributed by atoms with Gasteiger partial charge in [-0.3, -0.25) is 24.6 Å². The summed E-state index contributed by atoms with van der Waals surface area (Å²) in [5, 5.41) is 11.1. The summed E-state index contributed by atoms with van der Waals surface area (Å²) >= 11 is 0. The predicted molar refractivity (Wildman–Crippen MR) is 70.1 cm³/mol. The predicted octanol–water partition coefficient (Wildman–Crippen LogP) is 1.76. The number of alkyl halides is 3. The molecule has 2 N–H and O–H groups in total. The molecular formula is C12H12F3N3O4. The summed E-state index contributed by atoms with van der Waals surface area (Å²) in [5.74, 6) is -2.61. The van der Waals surface area contributed by atoms with Gasteiger partial charge in [0.25, 0.3) is 5.69 Å². The maximum Gasteiger partial charge on any atom is 0.416 e. The molecule has 0 atom stereocenters. The Morgan fingerprint density at radius 2 is 1.91 bits per heavy atom. The molecule has 0 spiro atoms. The van der Waals surface area contributed by atoms with E-state index >= 15 is 0 Å². The average molecular weight is 319 g/mol. The maximum absolute atomic E-state index is 12.7. The average Bonchev–Trinajstić information content (AvgIpc) is 2.38. The second-order valence-corrected chi connectivity index (χ2v) is 4.33. The minimum absolute atomic E-state index is 0.169. The van der Waals surface area contributed by atoms with Gasteiger partial charge in [-0.15, -0.1) is 0 Å². The number of primary amides is 1. The summed E-state index contributed by atoms with van der Waals surface area (Å²) in [7, 11) is 0. The number of nitrogens with zero attached hydrogens (tertiary/aromatic N) is 2. The van der Waals surface area contributed by atoms with Crippen molar-refractivity contribution < 1.29 is 27.7 Å². The van der Waals surface area contributed by atoms with Crippen LogP contribution in [0.2, 0.25) is 0 Å². The van der Waals surface area contributed by atoms with E-state index in [1.807, 2.05) is 0 Å². The summed E-state index contributed by atoms with van der Waals surface area (Å²) in [5.41, 5.74) is 2.15. The number of likely N-dealkylation sites (N-methyl/N-ethyl adjacent to an activating group) is 1. The molecule has 7 nitrogen and oxygen atoms in total. The van der Waals surface area contributed by atoms with Crippen LogP contribution in [0.25, 0.3) is 0 Å². The number of carbonyl (C=O) groups excluding carboxylic acids is 2. The molecule has 0 saturated carbocycles. The van der Waals surface area contributed by atoms with Crippen LogP contribution in [-0.2, 0) is 15.8 Å². The van der Waals surface area contributed by atoms with E-state index in [0.29, 0.717) is 17.0 Å². The molecule has 1 rings (SSSR count). The summed E-state index contributed by atoms with van der Waals surface area (Å²) in [6.07, 6.45) is -4.78. The lowest BCUT2D eigenvalue weighted by molar-refractivity contribution is -0.384. The van der Waals surface area contributed by atoms with Crippen LogP contribution < -0.4 is 10.6 Å². The molecule has 22 heavy (non-hydrogen) atoms. The molecule has 1 aromatic carbocycles. The fraction of sp³-hybridized carbons (Fsp3) is 0.333. The van der Waals surface area contributed by atoms with Gasteiger partial charge in [0.15, 0.2) is 0 Å². The van der Waals surface area contributed by atoms with Crippen LogP contribution in [-0.4, -0.2) is 23.3 Å². The number of anilines is 1. The van der Waals surface area contributed by atoms with Crippen molar-refractivity contribution in [2.24, 2.45) is 5.73 Å². The molecule has 10 heteroatoms. The summed E-state index contributed by atoms with van der Waals surface area (Å²) in [4.78, 5) is 33.3. The highest BCUT2D eigenvalue weighted by Crippen LogP contribution is 2.39. The van der Waals surface area contributed by atoms with Crippen molar-refractivity contribution in [2.45, 2.75) is 20.0 Å². The zero-order valence-corrected chi connectivity index (χ0v) is 11.6. The lowest BCUT2D eigenvalue weighted by Crippen LogP contribution is -2.41. The lowest BCUT2D eigenvalue weighted by Gasteiger charge is -2.22. The highest BCUT2D eigenvalue weighted by atomic mass is 19.4. The number of nitrogens with two attached hydrogens (primary N) is 1. The van der Waals surface area contributed by atoms with Gasteiger partial charge in [0.1, 0.15) is 5.69 Å². The van der Waals surface area contributed by atoms with Crippen molar-refractivity contribution in [1.29, 1.82) is 0 Å². The van der Waals surface area contributed by atoms with Gasteiger partial charge in [-0.05, 0) is 25.5 Å². The van der Waals surface area contributed by atoms with Gasteiger partial charge in [-0.2, -0.15) is 13.2 Å². The van der Waals surface area contributed by atoms with E-state index in [-0.39, 0.29) is 17.8 Å². The Balaban J connectivity index is 3.63. The molecule has 0 heterocycles. The van der Waals surface area contributed by atoms with Gasteiger partial charge in [0, 0.05) is 12.6 Å². The fourth-order valence-electron chi connectivity index (χ4n) is 1.95. The maximum atomic E-state index is 12.7. The SMILES string of the molecule is CCN(C(=O)C(N)=O)c1c(C)cc(C(F)(F)F)cc1[N+](=O)[O-]. The second-order valence-electron chi connectivity index (χ2n) is 4.33. The first-order valence-corrected chi connectivity index (χ1v) is 5.98. The number of amides is 2. The highest BCUT2D eigenvalue weighted by molar-refractivity contribution is 6.40. The third-order valence-corrected chi connectivity index (χ3v) is 2.85. The molecule has 1 aromatic rings. The summed E-state index contributed by atoms with van der Waals surface area (Å²) in [6.45, 7) is 2.41. The molecule has 0 aliphatic heterocycles. The van der Waals surface area contributed by atoms with Crippen molar-refractivity contribution in [3.63, 3.8) is 0 Å². The van der Waals surface area contributed by atoms with E-state index in [1.165, 1.54) is 13.8 Å². The third-order valence-electron chi connectivity index (χ3n) is 2.85. The number of hydrogen-bond donors (Lipinski definition) is 1. The van der Waals surface area contributed by atoms with Crippen molar-refractivity contribution in [2.75, 3.05) is 11.4 Å². The standard InChI is InChI=1S/C12H12F3N3O4/c1-3-17(11(20)10(16)19)9-6(2)4-7(12(13,14)15)5-8(9)18(21)22/h4-5H,3H2,1-2H3,(H2,16,19). The monoisotopic (exact) mass is 319 g/mol. The van der Waals surface area contributed by atoms with Gasteiger partial charge in [-0.25, -0.2) is 0 Å². The molecule has 0 aliphatic carbocycles. The van der Waals surface area contributed by atoms with Crippen LogP contribution in [0, 0.1) is 17.0 Å². The topological polar surface area (TPSA) is 107 Å². The molecular weight excluding hydrogens is 307 g/mol. The minimum Gasteiger partial charge on any atom is -0.361 e. The second kappa shape index (κ2) is 6.00. The first-order valence-electron chi connectivity index (χ1n) is 5.98.